The zero-order valence-corrected chi connectivity index (χ0v) is 12.2. The molecule has 1 atom stereocenters. The molecule has 0 aromatic carbocycles. The van der Waals surface area contributed by atoms with Crippen molar-refractivity contribution in [2.75, 3.05) is 12.4 Å². The van der Waals surface area contributed by atoms with Gasteiger partial charge in [0.25, 0.3) is 0 Å². The van der Waals surface area contributed by atoms with E-state index in [4.69, 9.17) is 4.74 Å². The monoisotopic (exact) mass is 269 g/mol. The highest BCUT2D eigenvalue weighted by atomic mass is 32.1. The van der Waals surface area contributed by atoms with Gasteiger partial charge < -0.3 is 10.1 Å². The van der Waals surface area contributed by atoms with Crippen molar-refractivity contribution in [2.24, 2.45) is 5.92 Å². The van der Waals surface area contributed by atoms with Gasteiger partial charge >= 0.3 is 5.97 Å². The Morgan fingerprint density at radius 2 is 2.00 bits per heavy atom. The molecule has 4 nitrogen and oxygen atoms in total. The lowest BCUT2D eigenvalue weighted by atomic mass is 10.1. The minimum atomic E-state index is -0.406. The summed E-state index contributed by atoms with van der Waals surface area (Å²) in [6.45, 7) is 7.60. The Bertz CT molecular complexity index is 465. The van der Waals surface area contributed by atoms with E-state index in [9.17, 15) is 9.59 Å². The molecule has 0 fully saturated rings. The fourth-order valence-electron chi connectivity index (χ4n) is 1.48. The second-order valence-corrected chi connectivity index (χ2v) is 5.50. The van der Waals surface area contributed by atoms with Crippen LogP contribution < -0.4 is 5.32 Å². The molecule has 18 heavy (non-hydrogen) atoms. The predicted octanol–water partition coefficient (Wildman–Crippen LogP) is 3.14. The maximum absolute atomic E-state index is 11.9. The maximum atomic E-state index is 11.9. The van der Waals surface area contributed by atoms with Gasteiger partial charge in [-0.25, -0.2) is 4.79 Å². The summed E-state index contributed by atoms with van der Waals surface area (Å²) in [5.41, 5.74) is 1.34. The largest absolute Gasteiger partial charge is 0.465 e. The zero-order chi connectivity index (χ0) is 13.9. The van der Waals surface area contributed by atoms with Crippen molar-refractivity contribution < 1.29 is 14.3 Å². The number of thiophene rings is 1. The second kappa shape index (κ2) is 6.00. The van der Waals surface area contributed by atoms with Crippen molar-refractivity contribution in [2.45, 2.75) is 34.1 Å². The fraction of sp³-hybridized carbons (Fsp3) is 0.538. The van der Waals surface area contributed by atoms with Crippen LogP contribution in [0.2, 0.25) is 0 Å². The number of amides is 1. The molecule has 1 aromatic rings. The van der Waals surface area contributed by atoms with Gasteiger partial charge in [0.2, 0.25) is 5.91 Å². The van der Waals surface area contributed by atoms with Crippen LogP contribution in [0.25, 0.3) is 0 Å². The number of nitrogens with one attached hydrogen (secondary N) is 1. The molecule has 1 rings (SSSR count). The molecular formula is C13H19NO3S. The van der Waals surface area contributed by atoms with E-state index in [1.807, 2.05) is 27.7 Å². The van der Waals surface area contributed by atoms with Gasteiger partial charge in [-0.2, -0.15) is 0 Å². The van der Waals surface area contributed by atoms with Crippen molar-refractivity contribution in [3.8, 4) is 0 Å². The molecule has 100 valence electrons. The Balaban J connectivity index is 3.06. The van der Waals surface area contributed by atoms with Crippen molar-refractivity contribution in [3.05, 3.63) is 16.0 Å². The molecule has 0 aliphatic carbocycles. The van der Waals surface area contributed by atoms with Crippen LogP contribution in [0.15, 0.2) is 0 Å². The Labute approximate surface area is 111 Å². The maximum Gasteiger partial charge on any atom is 0.341 e. The lowest BCUT2D eigenvalue weighted by Crippen LogP contribution is -2.20. The first-order valence-corrected chi connectivity index (χ1v) is 6.73. The van der Waals surface area contributed by atoms with E-state index in [0.29, 0.717) is 10.6 Å². The molecule has 0 saturated carbocycles. The van der Waals surface area contributed by atoms with E-state index in [2.05, 4.69) is 5.32 Å². The Morgan fingerprint density at radius 1 is 1.39 bits per heavy atom. The third kappa shape index (κ3) is 2.90. The van der Waals surface area contributed by atoms with Crippen LogP contribution >= 0.6 is 11.3 Å². The third-order valence-electron chi connectivity index (χ3n) is 3.07. The Kier molecular flexibility index (Phi) is 4.90. The van der Waals surface area contributed by atoms with Crippen LogP contribution in [-0.2, 0) is 9.53 Å². The first-order valence-electron chi connectivity index (χ1n) is 5.91. The van der Waals surface area contributed by atoms with Crippen LogP contribution in [0.3, 0.4) is 0 Å². The topological polar surface area (TPSA) is 55.4 Å². The van der Waals surface area contributed by atoms with Crippen molar-refractivity contribution >= 4 is 28.2 Å². The van der Waals surface area contributed by atoms with E-state index in [-0.39, 0.29) is 11.8 Å². The molecule has 1 N–H and O–H groups in total. The predicted molar refractivity (Wildman–Crippen MR) is 73.2 cm³/mol. The van der Waals surface area contributed by atoms with E-state index in [1.165, 1.54) is 18.4 Å². The van der Waals surface area contributed by atoms with Crippen LogP contribution in [-0.4, -0.2) is 19.0 Å². The smallest absolute Gasteiger partial charge is 0.341 e. The van der Waals surface area contributed by atoms with Gasteiger partial charge in [-0.3, -0.25) is 4.79 Å². The number of esters is 1. The number of hydrogen-bond donors (Lipinski definition) is 1. The molecule has 5 heteroatoms. The highest BCUT2D eigenvalue weighted by Gasteiger charge is 2.22. The lowest BCUT2D eigenvalue weighted by molar-refractivity contribution is -0.119. The second-order valence-electron chi connectivity index (χ2n) is 4.28. The number of carbonyl (C=O) groups is 2. The average Bonchev–Trinajstić information content (AvgIpc) is 2.63. The van der Waals surface area contributed by atoms with Gasteiger partial charge in [0.1, 0.15) is 5.00 Å². The summed E-state index contributed by atoms with van der Waals surface area (Å²) >= 11 is 1.41. The third-order valence-corrected chi connectivity index (χ3v) is 4.19. The molecule has 0 radical (unpaired) electrons. The number of methoxy groups -OCH3 is 1. The first kappa shape index (κ1) is 14.7. The minimum absolute atomic E-state index is 0.0658. The summed E-state index contributed by atoms with van der Waals surface area (Å²) in [4.78, 5) is 24.6. The van der Waals surface area contributed by atoms with Crippen molar-refractivity contribution in [1.29, 1.82) is 0 Å². The summed E-state index contributed by atoms with van der Waals surface area (Å²) in [5.74, 6) is -0.543. The number of hydrogen-bond acceptors (Lipinski definition) is 4. The molecular weight excluding hydrogens is 250 g/mol. The van der Waals surface area contributed by atoms with Crippen LogP contribution in [0.4, 0.5) is 5.00 Å². The van der Waals surface area contributed by atoms with E-state index in [0.717, 1.165) is 16.9 Å². The molecule has 0 spiro atoms. The highest BCUT2D eigenvalue weighted by Crippen LogP contribution is 2.33. The van der Waals surface area contributed by atoms with Gasteiger partial charge in [-0.15, -0.1) is 11.3 Å². The first-order chi connectivity index (χ1) is 8.42. The Hall–Kier alpha value is -1.36. The molecule has 1 heterocycles. The number of rotatable bonds is 4. The summed E-state index contributed by atoms with van der Waals surface area (Å²) in [5, 5.41) is 3.40. The molecule has 0 aliphatic rings. The molecule has 1 unspecified atom stereocenters. The minimum Gasteiger partial charge on any atom is -0.465 e. The summed E-state index contributed by atoms with van der Waals surface area (Å²) in [6.07, 6.45) is 0.767. The number of ether oxygens (including phenoxy) is 1. The van der Waals surface area contributed by atoms with Gasteiger partial charge in [0.15, 0.2) is 0 Å². The SMILES string of the molecule is CCC(C)C(=O)Nc1sc(C)c(C)c1C(=O)OC. The van der Waals surface area contributed by atoms with Crippen molar-refractivity contribution in [3.63, 3.8) is 0 Å². The zero-order valence-electron chi connectivity index (χ0n) is 11.4. The van der Waals surface area contributed by atoms with Crippen LogP contribution in [0.1, 0.15) is 41.1 Å². The van der Waals surface area contributed by atoms with Crippen LogP contribution in [0, 0.1) is 19.8 Å². The molecule has 1 aromatic heterocycles. The molecule has 0 aliphatic heterocycles. The molecule has 0 bridgehead atoms. The Morgan fingerprint density at radius 3 is 2.50 bits per heavy atom. The lowest BCUT2D eigenvalue weighted by Gasteiger charge is -2.09. The standard InChI is InChI=1S/C13H19NO3S/c1-6-7(2)11(15)14-12-10(13(16)17-5)8(3)9(4)18-12/h7H,6H2,1-5H3,(H,14,15). The van der Waals surface area contributed by atoms with E-state index < -0.39 is 5.97 Å². The van der Waals surface area contributed by atoms with Gasteiger partial charge in [-0.05, 0) is 25.8 Å². The molecule has 0 saturated heterocycles. The number of anilines is 1. The fourth-order valence-corrected chi connectivity index (χ4v) is 2.53. The van der Waals surface area contributed by atoms with E-state index in [1.54, 1.807) is 0 Å². The number of carbonyl (C=O) groups excluding carboxylic acids is 2. The van der Waals surface area contributed by atoms with Gasteiger partial charge in [-0.1, -0.05) is 13.8 Å². The quantitative estimate of drug-likeness (QED) is 0.854. The van der Waals surface area contributed by atoms with Crippen molar-refractivity contribution in [1.82, 2.24) is 0 Å². The summed E-state index contributed by atoms with van der Waals surface area (Å²) in [6, 6.07) is 0. The van der Waals surface area contributed by atoms with Gasteiger partial charge in [0.05, 0.1) is 12.7 Å². The number of aryl methyl sites for hydroxylation is 1. The van der Waals surface area contributed by atoms with Crippen LogP contribution in [0.5, 0.6) is 0 Å². The van der Waals surface area contributed by atoms with Gasteiger partial charge in [0, 0.05) is 10.8 Å². The average molecular weight is 269 g/mol. The summed E-state index contributed by atoms with van der Waals surface area (Å²) < 4.78 is 4.76. The summed E-state index contributed by atoms with van der Waals surface area (Å²) in [7, 11) is 1.34. The normalized spacial score (nSPS) is 12.1. The van der Waals surface area contributed by atoms with E-state index >= 15 is 0 Å². The highest BCUT2D eigenvalue weighted by molar-refractivity contribution is 7.16. The molecule has 1 amide bonds.